The smallest absolute Gasteiger partial charge is 0.245 e. The summed E-state index contributed by atoms with van der Waals surface area (Å²) in [5, 5.41) is 3.30. The first-order valence-electron chi connectivity index (χ1n) is 6.57. The molecule has 1 aliphatic heterocycles. The molecule has 1 fully saturated rings. The molecule has 20 heavy (non-hydrogen) atoms. The molecule has 1 aromatic rings. The quantitative estimate of drug-likeness (QED) is 0.789. The normalized spacial score (nSPS) is 20.2. The zero-order chi connectivity index (χ0) is 14.6. The Morgan fingerprint density at radius 2 is 2.30 bits per heavy atom. The topological polar surface area (TPSA) is 71.3 Å². The number of nitrogens with one attached hydrogen (secondary N) is 2. The van der Waals surface area contributed by atoms with Gasteiger partial charge in [0.2, 0.25) is 10.0 Å². The van der Waals surface area contributed by atoms with Gasteiger partial charge in [-0.3, -0.25) is 0 Å². The summed E-state index contributed by atoms with van der Waals surface area (Å²) in [5.74, 6) is 1.71. The first kappa shape index (κ1) is 16.4. The maximum atomic E-state index is 12.3. The molecule has 0 aromatic carbocycles. The maximum absolute atomic E-state index is 12.3. The van der Waals surface area contributed by atoms with E-state index in [1.807, 2.05) is 11.8 Å². The van der Waals surface area contributed by atoms with Crippen molar-refractivity contribution in [1.29, 1.82) is 0 Å². The van der Waals surface area contributed by atoms with E-state index in [-0.39, 0.29) is 9.56 Å². The van der Waals surface area contributed by atoms with Gasteiger partial charge < -0.3 is 9.73 Å². The van der Waals surface area contributed by atoms with Crippen molar-refractivity contribution in [2.45, 2.75) is 36.0 Å². The number of sulfonamides is 1. The Kier molecular flexibility index (Phi) is 5.97. The molecule has 1 aliphatic rings. The molecule has 0 radical (unpaired) electrons. The molecule has 114 valence electrons. The van der Waals surface area contributed by atoms with Crippen molar-refractivity contribution in [3.63, 3.8) is 0 Å². The van der Waals surface area contributed by atoms with E-state index in [1.54, 1.807) is 13.1 Å². The first-order valence-corrected chi connectivity index (χ1v) is 9.89. The van der Waals surface area contributed by atoms with Crippen LogP contribution in [0.1, 0.15) is 25.0 Å². The fourth-order valence-electron chi connectivity index (χ4n) is 2.09. The molecule has 0 aliphatic carbocycles. The molecule has 0 saturated carbocycles. The number of hydrogen-bond acceptors (Lipinski definition) is 5. The van der Waals surface area contributed by atoms with Gasteiger partial charge in [0.05, 0.1) is 6.54 Å². The van der Waals surface area contributed by atoms with E-state index in [1.165, 1.54) is 12.8 Å². The second kappa shape index (κ2) is 7.31. The Morgan fingerprint density at radius 1 is 1.50 bits per heavy atom. The molecule has 2 heterocycles. The lowest BCUT2D eigenvalue weighted by molar-refractivity contribution is 0.470. The molecule has 1 saturated heterocycles. The highest BCUT2D eigenvalue weighted by Gasteiger charge is 2.24. The fraction of sp³-hybridized carbons (Fsp3) is 0.667. The molecule has 0 spiro atoms. The van der Waals surface area contributed by atoms with Crippen molar-refractivity contribution >= 4 is 37.7 Å². The summed E-state index contributed by atoms with van der Waals surface area (Å²) in [6.45, 7) is 0.971. The lowest BCUT2D eigenvalue weighted by Gasteiger charge is -2.21. The van der Waals surface area contributed by atoms with Gasteiger partial charge in [0, 0.05) is 17.9 Å². The highest BCUT2D eigenvalue weighted by atomic mass is 79.9. The van der Waals surface area contributed by atoms with Gasteiger partial charge in [0.1, 0.15) is 10.7 Å². The van der Waals surface area contributed by atoms with Crippen LogP contribution in [0.5, 0.6) is 0 Å². The zero-order valence-corrected chi connectivity index (χ0v) is 14.5. The number of thioether (sulfide) groups is 1. The lowest BCUT2D eigenvalue weighted by Crippen LogP contribution is -2.31. The summed E-state index contributed by atoms with van der Waals surface area (Å²) < 4.78 is 32.9. The minimum Gasteiger partial charge on any atom is -0.452 e. The van der Waals surface area contributed by atoms with Crippen LogP contribution in [0, 0.1) is 0 Å². The van der Waals surface area contributed by atoms with E-state index >= 15 is 0 Å². The third-order valence-electron chi connectivity index (χ3n) is 3.12. The van der Waals surface area contributed by atoms with Gasteiger partial charge in [0.25, 0.3) is 0 Å². The highest BCUT2D eigenvalue weighted by Crippen LogP contribution is 2.27. The minimum atomic E-state index is -3.52. The van der Waals surface area contributed by atoms with Gasteiger partial charge >= 0.3 is 0 Å². The SMILES string of the molecule is CNCc1cc(S(=O)(=O)NCC2CCCCS2)c(Br)o1. The summed E-state index contributed by atoms with van der Waals surface area (Å²) >= 11 is 5.01. The van der Waals surface area contributed by atoms with E-state index in [0.29, 0.717) is 24.1 Å². The average Bonchev–Trinajstić information content (AvgIpc) is 2.80. The Balaban J connectivity index is 2.01. The van der Waals surface area contributed by atoms with Crippen molar-refractivity contribution < 1.29 is 12.8 Å². The summed E-state index contributed by atoms with van der Waals surface area (Å²) in [5.41, 5.74) is 0. The van der Waals surface area contributed by atoms with E-state index < -0.39 is 10.0 Å². The Labute approximate surface area is 132 Å². The summed E-state index contributed by atoms with van der Waals surface area (Å²) in [6.07, 6.45) is 3.49. The van der Waals surface area contributed by atoms with Crippen LogP contribution in [-0.4, -0.2) is 33.0 Å². The number of halogens is 1. The van der Waals surface area contributed by atoms with Crippen molar-refractivity contribution in [1.82, 2.24) is 10.0 Å². The second-order valence-electron chi connectivity index (χ2n) is 4.72. The standard InChI is InChI=1S/C12H19BrN2O3S2/c1-14-7-9-6-11(12(13)18-9)20(16,17)15-8-10-4-2-3-5-19-10/h6,10,14-15H,2-5,7-8H2,1H3. The first-order chi connectivity index (χ1) is 9.53. The molecule has 2 N–H and O–H groups in total. The van der Waals surface area contributed by atoms with Crippen LogP contribution in [0.15, 0.2) is 20.0 Å². The molecule has 0 amide bonds. The van der Waals surface area contributed by atoms with Crippen molar-refractivity contribution in [3.8, 4) is 0 Å². The number of furan rings is 1. The van der Waals surface area contributed by atoms with Crippen LogP contribution in [0.3, 0.4) is 0 Å². The van der Waals surface area contributed by atoms with Crippen molar-refractivity contribution in [2.24, 2.45) is 0 Å². The molecule has 5 nitrogen and oxygen atoms in total. The van der Waals surface area contributed by atoms with Gasteiger partial charge in [0.15, 0.2) is 4.67 Å². The molecule has 1 unspecified atom stereocenters. The predicted molar refractivity (Wildman–Crippen MR) is 84.5 cm³/mol. The summed E-state index contributed by atoms with van der Waals surface area (Å²) in [6, 6.07) is 1.55. The van der Waals surface area contributed by atoms with Gasteiger partial charge in [-0.1, -0.05) is 6.42 Å². The van der Waals surface area contributed by atoms with Crippen molar-refractivity contribution in [3.05, 3.63) is 16.5 Å². The molecule has 0 bridgehead atoms. The minimum absolute atomic E-state index is 0.170. The average molecular weight is 383 g/mol. The van der Waals surface area contributed by atoms with E-state index in [0.717, 1.165) is 12.2 Å². The predicted octanol–water partition coefficient (Wildman–Crippen LogP) is 2.33. The Bertz CT molecular complexity index is 539. The monoisotopic (exact) mass is 382 g/mol. The van der Waals surface area contributed by atoms with Crippen LogP contribution in [-0.2, 0) is 16.6 Å². The molecular formula is C12H19BrN2O3S2. The highest BCUT2D eigenvalue weighted by molar-refractivity contribution is 9.10. The van der Waals surface area contributed by atoms with Gasteiger partial charge in [-0.2, -0.15) is 11.8 Å². The Morgan fingerprint density at radius 3 is 2.95 bits per heavy atom. The van der Waals surface area contributed by atoms with Gasteiger partial charge in [-0.15, -0.1) is 0 Å². The second-order valence-corrected chi connectivity index (χ2v) is 8.59. The fourth-order valence-corrected chi connectivity index (χ4v) is 5.51. The molecule has 2 rings (SSSR count). The summed E-state index contributed by atoms with van der Waals surface area (Å²) in [4.78, 5) is 0.170. The largest absolute Gasteiger partial charge is 0.452 e. The van der Waals surface area contributed by atoms with E-state index in [9.17, 15) is 8.42 Å². The van der Waals surface area contributed by atoms with Crippen LogP contribution in [0.25, 0.3) is 0 Å². The number of hydrogen-bond donors (Lipinski definition) is 2. The van der Waals surface area contributed by atoms with E-state index in [2.05, 4.69) is 26.0 Å². The molecule has 1 atom stereocenters. The van der Waals surface area contributed by atoms with Crippen molar-refractivity contribution in [2.75, 3.05) is 19.3 Å². The molecular weight excluding hydrogens is 364 g/mol. The number of rotatable bonds is 6. The maximum Gasteiger partial charge on any atom is 0.245 e. The zero-order valence-electron chi connectivity index (χ0n) is 11.3. The molecule has 8 heteroatoms. The Hall–Kier alpha value is -0.0200. The van der Waals surface area contributed by atoms with Crippen LogP contribution in [0.4, 0.5) is 0 Å². The van der Waals surface area contributed by atoms with Crippen LogP contribution < -0.4 is 10.0 Å². The van der Waals surface area contributed by atoms with E-state index in [4.69, 9.17) is 4.42 Å². The van der Waals surface area contributed by atoms with Gasteiger partial charge in [-0.25, -0.2) is 13.1 Å². The third-order valence-corrected chi connectivity index (χ3v) is 6.80. The molecule has 1 aromatic heterocycles. The lowest BCUT2D eigenvalue weighted by atomic mass is 10.2. The van der Waals surface area contributed by atoms with Crippen LogP contribution in [0.2, 0.25) is 0 Å². The van der Waals surface area contributed by atoms with Gasteiger partial charge in [-0.05, 0) is 41.6 Å². The van der Waals surface area contributed by atoms with Crippen LogP contribution >= 0.6 is 27.7 Å². The third kappa shape index (κ3) is 4.24. The summed E-state index contributed by atoms with van der Waals surface area (Å²) in [7, 11) is -1.74.